The van der Waals surface area contributed by atoms with Crippen LogP contribution in [0.15, 0.2) is 53.5 Å². The SMILES string of the molecule is NC(=O)OC(COCc1ccccc1)C1=Nc2c(cccc2C(F)(F)F)CO1. The Hall–Kier alpha value is -3.07. The molecule has 0 bridgehead atoms. The van der Waals surface area contributed by atoms with Gasteiger partial charge in [0.2, 0.25) is 12.0 Å². The van der Waals surface area contributed by atoms with Crippen LogP contribution >= 0.6 is 0 Å². The molecule has 1 unspecified atom stereocenters. The smallest absolute Gasteiger partial charge is 0.418 e. The molecule has 3 rings (SSSR count). The molecule has 1 aliphatic heterocycles. The van der Waals surface area contributed by atoms with Crippen molar-refractivity contribution < 1.29 is 32.2 Å². The third-order valence-corrected chi connectivity index (χ3v) is 3.94. The van der Waals surface area contributed by atoms with Crippen molar-refractivity contribution in [2.24, 2.45) is 10.7 Å². The molecule has 9 heteroatoms. The van der Waals surface area contributed by atoms with E-state index >= 15 is 0 Å². The maximum Gasteiger partial charge on any atom is 0.418 e. The Morgan fingerprint density at radius 1 is 1.18 bits per heavy atom. The van der Waals surface area contributed by atoms with Crippen LogP contribution in [0.1, 0.15) is 16.7 Å². The number of hydrogen-bond acceptors (Lipinski definition) is 5. The van der Waals surface area contributed by atoms with Gasteiger partial charge in [0.25, 0.3) is 0 Å². The standard InChI is InChI=1S/C19H17F3N2O4/c20-19(21,22)14-8-4-7-13-10-27-17(24-16(13)14)15(28-18(23)25)11-26-9-12-5-2-1-3-6-12/h1-8,15H,9-11H2,(H2,23,25). The first-order chi connectivity index (χ1) is 13.3. The van der Waals surface area contributed by atoms with E-state index in [1.165, 1.54) is 12.1 Å². The molecular weight excluding hydrogens is 377 g/mol. The summed E-state index contributed by atoms with van der Waals surface area (Å²) in [6.07, 6.45) is -6.87. The Morgan fingerprint density at radius 3 is 2.61 bits per heavy atom. The normalized spacial score (nSPS) is 14.5. The van der Waals surface area contributed by atoms with Crippen LogP contribution in [-0.2, 0) is 33.6 Å². The van der Waals surface area contributed by atoms with Gasteiger partial charge >= 0.3 is 12.3 Å². The molecule has 0 fully saturated rings. The molecule has 2 aromatic rings. The number of hydrogen-bond donors (Lipinski definition) is 1. The topological polar surface area (TPSA) is 83.1 Å². The number of aliphatic imine (C=N–C) groups is 1. The summed E-state index contributed by atoms with van der Waals surface area (Å²) in [4.78, 5) is 15.2. The zero-order chi connectivity index (χ0) is 20.1. The first kappa shape index (κ1) is 19.7. The Morgan fingerprint density at radius 2 is 1.93 bits per heavy atom. The molecule has 148 valence electrons. The van der Waals surface area contributed by atoms with E-state index in [1.54, 1.807) is 0 Å². The van der Waals surface area contributed by atoms with Gasteiger partial charge in [-0.25, -0.2) is 9.79 Å². The summed E-state index contributed by atoms with van der Waals surface area (Å²) in [6, 6.07) is 12.9. The number of amides is 1. The summed E-state index contributed by atoms with van der Waals surface area (Å²) in [5, 5.41) is 0. The molecule has 0 aromatic heterocycles. The Balaban J connectivity index is 1.81. The molecule has 28 heavy (non-hydrogen) atoms. The second-order valence-electron chi connectivity index (χ2n) is 5.98. The van der Waals surface area contributed by atoms with E-state index in [1.807, 2.05) is 30.3 Å². The summed E-state index contributed by atoms with van der Waals surface area (Å²) in [5.74, 6) is -0.198. The van der Waals surface area contributed by atoms with E-state index in [-0.39, 0.29) is 37.0 Å². The fourth-order valence-electron chi connectivity index (χ4n) is 2.68. The molecule has 0 aliphatic carbocycles. The van der Waals surface area contributed by atoms with Crippen molar-refractivity contribution in [3.05, 3.63) is 65.2 Å². The number of nitrogens with zero attached hydrogens (tertiary/aromatic N) is 1. The van der Waals surface area contributed by atoms with Gasteiger partial charge in [-0.1, -0.05) is 42.5 Å². The predicted molar refractivity (Wildman–Crippen MR) is 93.9 cm³/mol. The second-order valence-corrected chi connectivity index (χ2v) is 5.98. The predicted octanol–water partition coefficient (Wildman–Crippen LogP) is 3.95. The highest BCUT2D eigenvalue weighted by Crippen LogP contribution is 2.40. The van der Waals surface area contributed by atoms with Crippen molar-refractivity contribution in [1.29, 1.82) is 0 Å². The van der Waals surface area contributed by atoms with Gasteiger partial charge in [-0.2, -0.15) is 13.2 Å². The minimum Gasteiger partial charge on any atom is -0.473 e. The van der Waals surface area contributed by atoms with Crippen LogP contribution in [0.25, 0.3) is 0 Å². The van der Waals surface area contributed by atoms with Gasteiger partial charge in [-0.15, -0.1) is 0 Å². The average Bonchev–Trinajstić information content (AvgIpc) is 2.66. The van der Waals surface area contributed by atoms with Gasteiger partial charge in [0, 0.05) is 5.56 Å². The zero-order valence-electron chi connectivity index (χ0n) is 14.6. The number of primary amides is 1. The maximum atomic E-state index is 13.3. The number of rotatable bonds is 6. The molecule has 2 aromatic carbocycles. The lowest BCUT2D eigenvalue weighted by Crippen LogP contribution is -2.36. The molecule has 0 saturated heterocycles. The van der Waals surface area contributed by atoms with Crippen LogP contribution in [0.2, 0.25) is 0 Å². The minimum absolute atomic E-state index is 0.143. The molecule has 1 amide bonds. The van der Waals surface area contributed by atoms with Gasteiger partial charge in [0.05, 0.1) is 24.5 Å². The molecule has 2 N–H and O–H groups in total. The largest absolute Gasteiger partial charge is 0.473 e. The third kappa shape index (κ3) is 4.80. The first-order valence-corrected chi connectivity index (χ1v) is 8.33. The highest BCUT2D eigenvalue weighted by Gasteiger charge is 2.36. The highest BCUT2D eigenvalue weighted by atomic mass is 19.4. The Kier molecular flexibility index (Phi) is 5.84. The fraction of sp³-hybridized carbons (Fsp3) is 0.263. The average molecular weight is 394 g/mol. The number of carbonyl (C=O) groups is 1. The van der Waals surface area contributed by atoms with Gasteiger partial charge in [0.15, 0.2) is 0 Å². The van der Waals surface area contributed by atoms with E-state index in [9.17, 15) is 18.0 Å². The summed E-state index contributed by atoms with van der Waals surface area (Å²) in [6.45, 7) is -0.118. The third-order valence-electron chi connectivity index (χ3n) is 3.94. The van der Waals surface area contributed by atoms with Crippen LogP contribution in [0, 0.1) is 0 Å². The lowest BCUT2D eigenvalue weighted by Gasteiger charge is -2.24. The number of nitrogens with two attached hydrogens (primary N) is 1. The Labute approximate surface area is 158 Å². The fourth-order valence-corrected chi connectivity index (χ4v) is 2.68. The molecule has 0 saturated carbocycles. The van der Waals surface area contributed by atoms with E-state index in [4.69, 9.17) is 19.9 Å². The number of carbonyl (C=O) groups excluding carboxylic acids is 1. The van der Waals surface area contributed by atoms with Crippen LogP contribution in [-0.4, -0.2) is 24.7 Å². The van der Waals surface area contributed by atoms with Gasteiger partial charge < -0.3 is 19.9 Å². The Bertz CT molecular complexity index is 869. The van der Waals surface area contributed by atoms with Gasteiger partial charge in [0.1, 0.15) is 6.61 Å². The lowest BCUT2D eigenvalue weighted by molar-refractivity contribution is -0.137. The van der Waals surface area contributed by atoms with Gasteiger partial charge in [-0.3, -0.25) is 0 Å². The van der Waals surface area contributed by atoms with Crippen molar-refractivity contribution in [1.82, 2.24) is 0 Å². The monoisotopic (exact) mass is 394 g/mol. The summed E-state index contributed by atoms with van der Waals surface area (Å²) in [5.41, 5.74) is 5.06. The van der Waals surface area contributed by atoms with Crippen molar-refractivity contribution in [2.75, 3.05) is 6.61 Å². The number of halogens is 3. The quantitative estimate of drug-likeness (QED) is 0.804. The number of fused-ring (bicyclic) bond motifs is 1. The summed E-state index contributed by atoms with van der Waals surface area (Å²) in [7, 11) is 0. The molecule has 0 spiro atoms. The van der Waals surface area contributed by atoms with Crippen molar-refractivity contribution >= 4 is 17.7 Å². The van der Waals surface area contributed by atoms with Crippen LogP contribution in [0.4, 0.5) is 23.7 Å². The van der Waals surface area contributed by atoms with Crippen LogP contribution in [0.3, 0.4) is 0 Å². The second kappa shape index (κ2) is 8.30. The zero-order valence-corrected chi connectivity index (χ0v) is 14.6. The molecule has 0 radical (unpaired) electrons. The van der Waals surface area contributed by atoms with E-state index < -0.39 is 23.9 Å². The van der Waals surface area contributed by atoms with Crippen molar-refractivity contribution in [2.45, 2.75) is 25.5 Å². The molecule has 1 atom stereocenters. The number of para-hydroxylation sites is 1. The van der Waals surface area contributed by atoms with Crippen LogP contribution in [0.5, 0.6) is 0 Å². The first-order valence-electron chi connectivity index (χ1n) is 8.33. The number of ether oxygens (including phenoxy) is 3. The van der Waals surface area contributed by atoms with E-state index in [0.717, 1.165) is 11.6 Å². The minimum atomic E-state index is -4.58. The highest BCUT2D eigenvalue weighted by molar-refractivity contribution is 5.87. The summed E-state index contributed by atoms with van der Waals surface area (Å²) < 4.78 is 55.7. The lowest BCUT2D eigenvalue weighted by atomic mass is 10.1. The molecule has 1 heterocycles. The maximum absolute atomic E-state index is 13.3. The number of alkyl halides is 3. The van der Waals surface area contributed by atoms with Crippen molar-refractivity contribution in [3.63, 3.8) is 0 Å². The molecule has 1 aliphatic rings. The van der Waals surface area contributed by atoms with Crippen LogP contribution < -0.4 is 5.73 Å². The molecular formula is C19H17F3N2O4. The number of benzene rings is 2. The van der Waals surface area contributed by atoms with E-state index in [2.05, 4.69) is 4.99 Å². The molecule has 6 nitrogen and oxygen atoms in total. The van der Waals surface area contributed by atoms with E-state index in [0.29, 0.717) is 0 Å². The van der Waals surface area contributed by atoms with Crippen molar-refractivity contribution in [3.8, 4) is 0 Å². The summed E-state index contributed by atoms with van der Waals surface area (Å²) >= 11 is 0. The van der Waals surface area contributed by atoms with Gasteiger partial charge in [-0.05, 0) is 11.6 Å².